The summed E-state index contributed by atoms with van der Waals surface area (Å²) in [6.45, 7) is -0.354. The summed E-state index contributed by atoms with van der Waals surface area (Å²) >= 11 is 1.30. The Bertz CT molecular complexity index is 535. The third-order valence-corrected chi connectivity index (χ3v) is 5.91. The maximum absolute atomic E-state index is 10.8. The molecule has 1 saturated carbocycles. The topological polar surface area (TPSA) is 121 Å². The van der Waals surface area contributed by atoms with Crippen LogP contribution in [0.2, 0.25) is 0 Å². The van der Waals surface area contributed by atoms with E-state index in [1.54, 1.807) is 12.5 Å². The van der Waals surface area contributed by atoms with Gasteiger partial charge in [-0.2, -0.15) is 0 Å². The zero-order valence-electron chi connectivity index (χ0n) is 13.7. The first kappa shape index (κ1) is 18.1. The summed E-state index contributed by atoms with van der Waals surface area (Å²) in [7, 11) is 0. The van der Waals surface area contributed by atoms with Gasteiger partial charge in [0.05, 0.1) is 12.8 Å². The summed E-state index contributed by atoms with van der Waals surface area (Å²) in [5.74, 6) is 0. The average molecular weight is 359 g/mol. The molecular formula is C15H25N3O5S. The largest absolute Gasteiger partial charge is 0.394 e. The van der Waals surface area contributed by atoms with Crippen molar-refractivity contribution in [2.45, 2.75) is 67.5 Å². The van der Waals surface area contributed by atoms with Crippen LogP contribution < -0.4 is 0 Å². The van der Waals surface area contributed by atoms with Gasteiger partial charge < -0.3 is 25.2 Å². The molecule has 1 aromatic heterocycles. The average Bonchev–Trinajstić information content (AvgIpc) is 3.06. The van der Waals surface area contributed by atoms with Gasteiger partial charge in [0.1, 0.15) is 41.1 Å². The van der Waals surface area contributed by atoms with Gasteiger partial charge in [0.15, 0.2) is 0 Å². The van der Waals surface area contributed by atoms with Crippen LogP contribution in [0.3, 0.4) is 0 Å². The van der Waals surface area contributed by atoms with E-state index < -0.39 is 35.4 Å². The van der Waals surface area contributed by atoms with Crippen LogP contribution in [0, 0.1) is 0 Å². The van der Waals surface area contributed by atoms with E-state index in [0.29, 0.717) is 18.5 Å². The van der Waals surface area contributed by atoms with Crippen LogP contribution in [0.1, 0.15) is 43.8 Å². The summed E-state index contributed by atoms with van der Waals surface area (Å²) in [4.78, 5) is 0. The maximum atomic E-state index is 10.8. The molecule has 136 valence electrons. The summed E-state index contributed by atoms with van der Waals surface area (Å²) in [6, 6.07) is -0.790. The van der Waals surface area contributed by atoms with E-state index >= 15 is 0 Å². The van der Waals surface area contributed by atoms with E-state index in [4.69, 9.17) is 4.74 Å². The third kappa shape index (κ3) is 3.21. The molecule has 8 nitrogen and oxygen atoms in total. The van der Waals surface area contributed by atoms with Gasteiger partial charge in [0, 0.05) is 0 Å². The fourth-order valence-corrected chi connectivity index (χ4v) is 4.30. The molecule has 9 heteroatoms. The third-order valence-electron chi connectivity index (χ3n) is 5.05. The monoisotopic (exact) mass is 359 g/mol. The number of hydrogen-bond donors (Lipinski definition) is 4. The number of ether oxygens (including phenoxy) is 1. The maximum Gasteiger partial charge on any atom is 0.131 e. The van der Waals surface area contributed by atoms with Gasteiger partial charge in [0.25, 0.3) is 0 Å². The number of thioether (sulfide) groups is 1. The van der Waals surface area contributed by atoms with Gasteiger partial charge in [-0.3, -0.25) is 0 Å². The Labute approximate surface area is 144 Å². The summed E-state index contributed by atoms with van der Waals surface area (Å²) < 4.78 is 6.90. The Morgan fingerprint density at radius 3 is 2.62 bits per heavy atom. The predicted octanol–water partition coefficient (Wildman–Crippen LogP) is -0.227. The molecule has 4 N–H and O–H groups in total. The summed E-state index contributed by atoms with van der Waals surface area (Å²) in [5.41, 5.74) is -1.11. The van der Waals surface area contributed by atoms with Crippen molar-refractivity contribution in [1.82, 2.24) is 15.0 Å². The Morgan fingerprint density at radius 1 is 1.29 bits per heavy atom. The van der Waals surface area contributed by atoms with Crippen molar-refractivity contribution in [3.8, 4) is 0 Å². The lowest BCUT2D eigenvalue weighted by Crippen LogP contribution is -2.54. The molecular weight excluding hydrogens is 334 g/mol. The smallest absolute Gasteiger partial charge is 0.131 e. The van der Waals surface area contributed by atoms with Gasteiger partial charge in [-0.25, -0.2) is 4.68 Å². The molecule has 0 radical (unpaired) electrons. The van der Waals surface area contributed by atoms with Gasteiger partial charge in [-0.05, 0) is 19.1 Å². The molecule has 3 rings (SSSR count). The van der Waals surface area contributed by atoms with E-state index in [1.807, 2.05) is 0 Å². The highest BCUT2D eigenvalue weighted by atomic mass is 32.2. The van der Waals surface area contributed by atoms with Crippen LogP contribution in [0.4, 0.5) is 0 Å². The minimum absolute atomic E-state index is 0.354. The number of nitrogens with zero attached hydrogens (tertiary/aromatic N) is 3. The van der Waals surface area contributed by atoms with Crippen LogP contribution in [0.25, 0.3) is 0 Å². The first-order valence-corrected chi connectivity index (χ1v) is 9.59. The van der Waals surface area contributed by atoms with Crippen LogP contribution >= 0.6 is 11.8 Å². The lowest BCUT2D eigenvalue weighted by atomic mass is 9.83. The van der Waals surface area contributed by atoms with Gasteiger partial charge >= 0.3 is 0 Å². The van der Waals surface area contributed by atoms with Gasteiger partial charge in [-0.15, -0.1) is 16.9 Å². The Hall–Kier alpha value is -0.710. The van der Waals surface area contributed by atoms with Crippen molar-refractivity contribution in [3.05, 3.63) is 11.9 Å². The van der Waals surface area contributed by atoms with Crippen LogP contribution in [0.15, 0.2) is 6.20 Å². The quantitative estimate of drug-likeness (QED) is 0.582. The summed E-state index contributed by atoms with van der Waals surface area (Å²) in [5, 5.41) is 49.3. The number of aromatic nitrogens is 3. The fraction of sp³-hybridized carbons (Fsp3) is 0.867. The molecule has 5 atom stereocenters. The molecule has 5 unspecified atom stereocenters. The minimum atomic E-state index is -1.12. The first-order chi connectivity index (χ1) is 11.5. The molecule has 2 fully saturated rings. The molecule has 1 aliphatic carbocycles. The number of aliphatic hydroxyl groups excluding tert-OH is 3. The molecule has 0 spiro atoms. The zero-order chi connectivity index (χ0) is 17.3. The SMILES string of the molecule is CSC1OC(CO)C(O)C(n2cc(C3(O)CCCCC3)nn2)C1O. The van der Waals surface area contributed by atoms with Crippen LogP contribution in [-0.4, -0.2) is 72.0 Å². The first-order valence-electron chi connectivity index (χ1n) is 8.30. The molecule has 2 aliphatic rings. The molecule has 0 bridgehead atoms. The Morgan fingerprint density at radius 2 is 2.00 bits per heavy atom. The summed E-state index contributed by atoms with van der Waals surface area (Å²) in [6.07, 6.45) is 4.70. The lowest BCUT2D eigenvalue weighted by Gasteiger charge is -2.41. The fourth-order valence-electron chi connectivity index (χ4n) is 3.60. The molecule has 1 aliphatic heterocycles. The normalized spacial score (nSPS) is 36.6. The number of rotatable bonds is 4. The second-order valence-corrected chi connectivity index (χ2v) is 7.55. The molecule has 24 heavy (non-hydrogen) atoms. The molecule has 0 amide bonds. The van der Waals surface area contributed by atoms with Gasteiger partial charge in [-0.1, -0.05) is 24.5 Å². The number of aliphatic hydroxyl groups is 4. The number of hydrogen-bond acceptors (Lipinski definition) is 8. The second-order valence-electron chi connectivity index (χ2n) is 6.61. The van der Waals surface area contributed by atoms with E-state index in [0.717, 1.165) is 19.3 Å². The van der Waals surface area contributed by atoms with E-state index in [-0.39, 0.29) is 6.61 Å². The Kier molecular flexibility index (Phi) is 5.48. The lowest BCUT2D eigenvalue weighted by molar-refractivity contribution is -0.178. The van der Waals surface area contributed by atoms with Gasteiger partial charge in [0.2, 0.25) is 0 Å². The minimum Gasteiger partial charge on any atom is -0.394 e. The van der Waals surface area contributed by atoms with E-state index in [9.17, 15) is 20.4 Å². The molecule has 1 aromatic rings. The Balaban J connectivity index is 1.86. The van der Waals surface area contributed by atoms with E-state index in [1.165, 1.54) is 16.4 Å². The zero-order valence-corrected chi connectivity index (χ0v) is 14.5. The van der Waals surface area contributed by atoms with Crippen molar-refractivity contribution >= 4 is 11.8 Å². The second kappa shape index (κ2) is 7.27. The highest BCUT2D eigenvalue weighted by Gasteiger charge is 2.46. The van der Waals surface area contributed by atoms with E-state index in [2.05, 4.69) is 10.3 Å². The van der Waals surface area contributed by atoms with Crippen molar-refractivity contribution in [2.75, 3.05) is 12.9 Å². The highest BCUT2D eigenvalue weighted by Crippen LogP contribution is 2.38. The molecule has 2 heterocycles. The van der Waals surface area contributed by atoms with Crippen LogP contribution in [-0.2, 0) is 10.3 Å². The van der Waals surface area contributed by atoms with Crippen molar-refractivity contribution < 1.29 is 25.2 Å². The molecule has 0 aromatic carbocycles. The molecule has 1 saturated heterocycles. The highest BCUT2D eigenvalue weighted by molar-refractivity contribution is 7.99. The van der Waals surface area contributed by atoms with Crippen molar-refractivity contribution in [3.63, 3.8) is 0 Å². The van der Waals surface area contributed by atoms with Crippen molar-refractivity contribution in [2.24, 2.45) is 0 Å². The predicted molar refractivity (Wildman–Crippen MR) is 87.3 cm³/mol. The standard InChI is InChI=1S/C15H25N3O5S/c1-24-14-13(21)11(12(20)9(8-19)23-14)18-7-10(16-17-18)15(22)5-3-2-4-6-15/h7,9,11-14,19-22H,2-6,8H2,1H3. The van der Waals surface area contributed by atoms with Crippen LogP contribution in [0.5, 0.6) is 0 Å². The van der Waals surface area contributed by atoms with Crippen molar-refractivity contribution in [1.29, 1.82) is 0 Å².